The van der Waals surface area contributed by atoms with Crippen LogP contribution in [-0.4, -0.2) is 39.9 Å². The van der Waals surface area contributed by atoms with Crippen molar-refractivity contribution in [1.29, 1.82) is 0 Å². The lowest BCUT2D eigenvalue weighted by Crippen LogP contribution is -2.55. The Kier molecular flexibility index (Phi) is 11.4. The Labute approximate surface area is 148 Å². The first-order valence-electron chi connectivity index (χ1n) is 9.16. The predicted molar refractivity (Wildman–Crippen MR) is 106 cm³/mol. The molecule has 0 aliphatic heterocycles. The molecule has 0 aromatic rings. The van der Waals surface area contributed by atoms with E-state index in [9.17, 15) is 0 Å². The van der Waals surface area contributed by atoms with Crippen LogP contribution < -0.4 is 0 Å². The lowest BCUT2D eigenvalue weighted by atomic mass is 10.3. The SMILES string of the molecule is CCCCC[Si](C)(OC)O[Si](C)(C)O[Si](C)(CCCCC)OC. The summed E-state index contributed by atoms with van der Waals surface area (Å²) in [4.78, 5) is 0. The van der Waals surface area contributed by atoms with E-state index in [0.29, 0.717) is 0 Å². The van der Waals surface area contributed by atoms with Gasteiger partial charge in [-0.2, -0.15) is 0 Å². The summed E-state index contributed by atoms with van der Waals surface area (Å²) in [6.07, 6.45) is 7.26. The Morgan fingerprint density at radius 2 is 0.957 bits per heavy atom. The summed E-state index contributed by atoms with van der Waals surface area (Å²) in [7, 11) is -2.97. The fraction of sp³-hybridized carbons (Fsp3) is 1.00. The molecule has 0 saturated heterocycles. The Bertz CT molecular complexity index is 290. The fourth-order valence-corrected chi connectivity index (χ4v) is 15.4. The van der Waals surface area contributed by atoms with Crippen molar-refractivity contribution in [3.63, 3.8) is 0 Å². The van der Waals surface area contributed by atoms with Gasteiger partial charge in [-0.05, 0) is 38.3 Å². The van der Waals surface area contributed by atoms with Gasteiger partial charge in [0.05, 0.1) is 0 Å². The first kappa shape index (κ1) is 23.5. The van der Waals surface area contributed by atoms with E-state index in [1.807, 2.05) is 0 Å². The molecule has 0 aromatic heterocycles. The van der Waals surface area contributed by atoms with E-state index in [0.717, 1.165) is 12.1 Å². The van der Waals surface area contributed by atoms with Gasteiger partial charge >= 0.3 is 25.7 Å². The van der Waals surface area contributed by atoms with Crippen molar-refractivity contribution in [2.45, 2.75) is 90.6 Å². The topological polar surface area (TPSA) is 36.9 Å². The van der Waals surface area contributed by atoms with Gasteiger partial charge in [-0.15, -0.1) is 0 Å². The normalized spacial score (nSPS) is 17.7. The van der Waals surface area contributed by atoms with Crippen molar-refractivity contribution in [1.82, 2.24) is 0 Å². The highest BCUT2D eigenvalue weighted by Gasteiger charge is 2.44. The molecule has 0 amide bonds. The van der Waals surface area contributed by atoms with Crippen LogP contribution in [0.1, 0.15) is 52.4 Å². The highest BCUT2D eigenvalue weighted by Crippen LogP contribution is 2.27. The van der Waals surface area contributed by atoms with E-state index in [2.05, 4.69) is 40.0 Å². The van der Waals surface area contributed by atoms with Crippen LogP contribution >= 0.6 is 0 Å². The largest absolute Gasteiger partial charge is 0.415 e. The van der Waals surface area contributed by atoms with Crippen LogP contribution in [0, 0.1) is 0 Å². The lowest BCUT2D eigenvalue weighted by Gasteiger charge is -2.39. The molecule has 0 aliphatic carbocycles. The van der Waals surface area contributed by atoms with Crippen LogP contribution in [0.2, 0.25) is 38.3 Å². The molecule has 2 unspecified atom stereocenters. The standard InChI is InChI=1S/C16H40O4Si3/c1-9-11-13-15-22(7,17-3)19-21(5,6)20-23(8,18-4)16-14-12-10-2/h9-16H2,1-8H3. The van der Waals surface area contributed by atoms with Gasteiger partial charge < -0.3 is 17.1 Å². The molecule has 0 saturated carbocycles. The monoisotopic (exact) mass is 380 g/mol. The quantitative estimate of drug-likeness (QED) is 0.293. The molecule has 23 heavy (non-hydrogen) atoms. The van der Waals surface area contributed by atoms with Gasteiger partial charge in [-0.1, -0.05) is 52.4 Å². The van der Waals surface area contributed by atoms with E-state index < -0.39 is 25.7 Å². The number of rotatable bonds is 14. The van der Waals surface area contributed by atoms with Crippen LogP contribution in [0.4, 0.5) is 0 Å². The third-order valence-electron chi connectivity index (χ3n) is 4.26. The van der Waals surface area contributed by atoms with Crippen molar-refractivity contribution in [2.75, 3.05) is 14.2 Å². The molecule has 0 bridgehead atoms. The molecule has 0 spiro atoms. The first-order valence-corrected chi connectivity index (χ1v) is 17.0. The highest BCUT2D eigenvalue weighted by molar-refractivity contribution is 6.85. The molecule has 0 aromatic carbocycles. The smallest absolute Gasteiger partial charge is 0.325 e. The van der Waals surface area contributed by atoms with Gasteiger partial charge in [0.25, 0.3) is 0 Å². The second-order valence-electron chi connectivity index (χ2n) is 7.19. The summed E-state index contributed by atoms with van der Waals surface area (Å²) >= 11 is 0. The number of hydrogen-bond donors (Lipinski definition) is 0. The minimum absolute atomic E-state index is 1.04. The summed E-state index contributed by atoms with van der Waals surface area (Å²) in [6, 6.07) is 2.08. The minimum Gasteiger partial charge on any atom is -0.415 e. The number of hydrogen-bond acceptors (Lipinski definition) is 4. The van der Waals surface area contributed by atoms with Crippen LogP contribution in [0.25, 0.3) is 0 Å². The second kappa shape index (κ2) is 11.2. The average Bonchev–Trinajstić information content (AvgIpc) is 2.46. The zero-order chi connectivity index (χ0) is 18.0. The van der Waals surface area contributed by atoms with Crippen LogP contribution in [0.15, 0.2) is 0 Å². The molecule has 0 fully saturated rings. The summed E-state index contributed by atoms with van der Waals surface area (Å²) in [6.45, 7) is 13.1. The summed E-state index contributed by atoms with van der Waals surface area (Å²) in [5.74, 6) is 0. The molecule has 140 valence electrons. The van der Waals surface area contributed by atoms with Gasteiger partial charge in [0.15, 0.2) is 0 Å². The van der Waals surface area contributed by atoms with Crippen LogP contribution in [-0.2, 0) is 17.1 Å². The minimum atomic E-state index is -2.26. The van der Waals surface area contributed by atoms with Crippen LogP contribution in [0.3, 0.4) is 0 Å². The molecule has 0 rings (SSSR count). The first-order chi connectivity index (χ1) is 10.7. The van der Waals surface area contributed by atoms with Gasteiger partial charge in [-0.3, -0.25) is 0 Å². The predicted octanol–water partition coefficient (Wildman–Crippen LogP) is 5.54. The van der Waals surface area contributed by atoms with Gasteiger partial charge in [0.1, 0.15) is 0 Å². The van der Waals surface area contributed by atoms with Gasteiger partial charge in [0, 0.05) is 14.2 Å². The fourth-order valence-electron chi connectivity index (χ4n) is 2.84. The summed E-state index contributed by atoms with van der Waals surface area (Å²) in [5.41, 5.74) is 0. The maximum atomic E-state index is 6.51. The maximum Gasteiger partial charge on any atom is 0.325 e. The summed E-state index contributed by atoms with van der Waals surface area (Å²) < 4.78 is 24.7. The molecule has 0 radical (unpaired) electrons. The summed E-state index contributed by atoms with van der Waals surface area (Å²) in [5, 5.41) is 0. The Morgan fingerprint density at radius 3 is 1.22 bits per heavy atom. The zero-order valence-corrected chi connectivity index (χ0v) is 19.8. The van der Waals surface area contributed by atoms with Crippen molar-refractivity contribution in [3.8, 4) is 0 Å². The lowest BCUT2D eigenvalue weighted by molar-refractivity contribution is 0.238. The van der Waals surface area contributed by atoms with Gasteiger partial charge in [-0.25, -0.2) is 0 Å². The van der Waals surface area contributed by atoms with Crippen molar-refractivity contribution < 1.29 is 17.1 Å². The average molecular weight is 381 g/mol. The third kappa shape index (κ3) is 10.2. The van der Waals surface area contributed by atoms with Crippen molar-refractivity contribution in [3.05, 3.63) is 0 Å². The Morgan fingerprint density at radius 1 is 0.609 bits per heavy atom. The molecule has 2 atom stereocenters. The third-order valence-corrected chi connectivity index (χ3v) is 15.9. The number of unbranched alkanes of at least 4 members (excludes halogenated alkanes) is 4. The molecule has 7 heteroatoms. The molecular formula is C16H40O4Si3. The van der Waals surface area contributed by atoms with E-state index >= 15 is 0 Å². The van der Waals surface area contributed by atoms with E-state index in [-0.39, 0.29) is 0 Å². The van der Waals surface area contributed by atoms with Crippen molar-refractivity contribution in [2.24, 2.45) is 0 Å². The zero-order valence-electron chi connectivity index (χ0n) is 16.8. The molecule has 4 nitrogen and oxygen atoms in total. The van der Waals surface area contributed by atoms with E-state index in [4.69, 9.17) is 17.1 Å². The molecular weight excluding hydrogens is 340 g/mol. The second-order valence-corrected chi connectivity index (χ2v) is 18.0. The Balaban J connectivity index is 4.73. The van der Waals surface area contributed by atoms with E-state index in [1.54, 1.807) is 14.2 Å². The molecule has 0 aliphatic rings. The van der Waals surface area contributed by atoms with Crippen LogP contribution in [0.5, 0.6) is 0 Å². The molecule has 0 N–H and O–H groups in total. The molecule has 0 heterocycles. The van der Waals surface area contributed by atoms with Crippen molar-refractivity contribution >= 4 is 25.7 Å². The highest BCUT2D eigenvalue weighted by atomic mass is 28.5. The maximum absolute atomic E-state index is 6.51. The van der Waals surface area contributed by atoms with Gasteiger partial charge in [0.2, 0.25) is 0 Å². The Hall–Kier alpha value is 0.491. The van der Waals surface area contributed by atoms with E-state index in [1.165, 1.54) is 38.5 Å².